The fourth-order valence-corrected chi connectivity index (χ4v) is 2.51. The van der Waals surface area contributed by atoms with Crippen molar-refractivity contribution in [1.29, 1.82) is 0 Å². The molecule has 0 spiro atoms. The first-order valence-corrected chi connectivity index (χ1v) is 7.40. The Balaban J connectivity index is 1.85. The molecule has 0 radical (unpaired) electrons. The molecule has 1 fully saturated rings. The summed E-state index contributed by atoms with van der Waals surface area (Å²) in [7, 11) is 0. The molecular weight excluding hydrogens is 327 g/mol. The Labute approximate surface area is 136 Å². The Morgan fingerprint density at radius 2 is 2.17 bits per heavy atom. The number of likely N-dealkylation sites (tertiary alicyclic amines) is 1. The molecule has 0 saturated carbocycles. The molecule has 24 heavy (non-hydrogen) atoms. The Hall–Kier alpha value is -2.32. The average molecular weight is 345 g/mol. The maximum absolute atomic E-state index is 12.6. The number of carbonyl (C=O) groups excluding carboxylic acids is 1. The standard InChI is InChI=1S/C15H18F3N3O3/c1-14(12(22)23)4-7-21(9-14)13(24)20-6-3-11-8-10(2-5-19-11)15(16,17)18/h2,5,8H,3-4,6-7,9H2,1H3,(H,20,24)(H,22,23). The minimum atomic E-state index is -4.43. The molecule has 1 saturated heterocycles. The van der Waals surface area contributed by atoms with Gasteiger partial charge in [0.1, 0.15) is 0 Å². The van der Waals surface area contributed by atoms with E-state index in [-0.39, 0.29) is 25.2 Å². The Kier molecular flexibility index (Phi) is 5.00. The first-order chi connectivity index (χ1) is 11.1. The lowest BCUT2D eigenvalue weighted by Crippen LogP contribution is -2.41. The Morgan fingerprint density at radius 1 is 1.46 bits per heavy atom. The van der Waals surface area contributed by atoms with Crippen molar-refractivity contribution >= 4 is 12.0 Å². The van der Waals surface area contributed by atoms with Gasteiger partial charge < -0.3 is 15.3 Å². The molecule has 6 nitrogen and oxygen atoms in total. The van der Waals surface area contributed by atoms with Gasteiger partial charge in [0.2, 0.25) is 0 Å². The molecule has 1 unspecified atom stereocenters. The molecule has 132 valence electrons. The third kappa shape index (κ3) is 4.15. The summed E-state index contributed by atoms with van der Waals surface area (Å²) in [5.41, 5.74) is -1.52. The van der Waals surface area contributed by atoms with Crippen LogP contribution in [0.4, 0.5) is 18.0 Å². The highest BCUT2D eigenvalue weighted by molar-refractivity contribution is 5.79. The SMILES string of the molecule is CC1(C(=O)O)CCN(C(=O)NCCc2cc(C(F)(F)F)ccn2)C1. The highest BCUT2D eigenvalue weighted by Crippen LogP contribution is 2.30. The number of rotatable bonds is 4. The predicted octanol–water partition coefficient (Wildman–Crippen LogP) is 2.15. The zero-order valence-electron chi connectivity index (χ0n) is 13.1. The predicted molar refractivity (Wildman–Crippen MR) is 78.3 cm³/mol. The molecule has 9 heteroatoms. The van der Waals surface area contributed by atoms with Crippen LogP contribution in [0.3, 0.4) is 0 Å². The Morgan fingerprint density at radius 3 is 2.75 bits per heavy atom. The van der Waals surface area contributed by atoms with Gasteiger partial charge >= 0.3 is 18.2 Å². The van der Waals surface area contributed by atoms with E-state index < -0.39 is 29.2 Å². The van der Waals surface area contributed by atoms with Crippen LogP contribution in [-0.2, 0) is 17.4 Å². The van der Waals surface area contributed by atoms with Crippen molar-refractivity contribution in [2.45, 2.75) is 25.9 Å². The van der Waals surface area contributed by atoms with Gasteiger partial charge in [0.15, 0.2) is 0 Å². The molecule has 2 heterocycles. The lowest BCUT2D eigenvalue weighted by Gasteiger charge is -2.20. The third-order valence-corrected chi connectivity index (χ3v) is 4.08. The van der Waals surface area contributed by atoms with E-state index in [1.165, 1.54) is 4.90 Å². The molecule has 1 aromatic rings. The van der Waals surface area contributed by atoms with Gasteiger partial charge in [0.25, 0.3) is 0 Å². The summed E-state index contributed by atoms with van der Waals surface area (Å²) in [4.78, 5) is 28.4. The average Bonchev–Trinajstić information content (AvgIpc) is 2.91. The fraction of sp³-hybridized carbons (Fsp3) is 0.533. The summed E-state index contributed by atoms with van der Waals surface area (Å²) in [6, 6.07) is 1.41. The van der Waals surface area contributed by atoms with E-state index in [1.54, 1.807) is 6.92 Å². The van der Waals surface area contributed by atoms with Crippen LogP contribution in [-0.4, -0.2) is 46.6 Å². The highest BCUT2D eigenvalue weighted by Gasteiger charge is 2.42. The number of amides is 2. The maximum atomic E-state index is 12.6. The van der Waals surface area contributed by atoms with Crippen molar-refractivity contribution in [3.05, 3.63) is 29.6 Å². The number of carbonyl (C=O) groups is 2. The van der Waals surface area contributed by atoms with E-state index in [4.69, 9.17) is 5.11 Å². The smallest absolute Gasteiger partial charge is 0.416 e. The molecule has 0 aromatic carbocycles. The van der Waals surface area contributed by atoms with E-state index in [0.29, 0.717) is 13.0 Å². The molecule has 2 amide bonds. The molecule has 1 aliphatic heterocycles. The summed E-state index contributed by atoms with van der Waals surface area (Å²) in [6.07, 6.45) is -2.83. The third-order valence-electron chi connectivity index (χ3n) is 4.08. The summed E-state index contributed by atoms with van der Waals surface area (Å²) in [5.74, 6) is -0.953. The zero-order chi connectivity index (χ0) is 18.0. The van der Waals surface area contributed by atoms with Crippen LogP contribution in [0.2, 0.25) is 0 Å². The van der Waals surface area contributed by atoms with Gasteiger partial charge in [-0.05, 0) is 25.5 Å². The molecule has 0 bridgehead atoms. The first-order valence-electron chi connectivity index (χ1n) is 7.40. The van der Waals surface area contributed by atoms with Gasteiger partial charge in [-0.2, -0.15) is 13.2 Å². The van der Waals surface area contributed by atoms with E-state index in [9.17, 15) is 22.8 Å². The monoisotopic (exact) mass is 345 g/mol. The molecule has 0 aliphatic carbocycles. The van der Waals surface area contributed by atoms with Crippen LogP contribution in [0.25, 0.3) is 0 Å². The number of carboxylic acid groups (broad SMARTS) is 1. The topological polar surface area (TPSA) is 82.5 Å². The number of nitrogens with one attached hydrogen (secondary N) is 1. The summed E-state index contributed by atoms with van der Waals surface area (Å²) in [6.45, 7) is 2.13. The van der Waals surface area contributed by atoms with Crippen LogP contribution in [0.15, 0.2) is 18.3 Å². The van der Waals surface area contributed by atoms with Gasteiger partial charge in [-0.1, -0.05) is 0 Å². The van der Waals surface area contributed by atoms with Crippen LogP contribution >= 0.6 is 0 Å². The van der Waals surface area contributed by atoms with Gasteiger partial charge in [-0.3, -0.25) is 9.78 Å². The van der Waals surface area contributed by atoms with Crippen molar-refractivity contribution in [2.75, 3.05) is 19.6 Å². The summed E-state index contributed by atoms with van der Waals surface area (Å²) in [5, 5.41) is 11.7. The zero-order valence-corrected chi connectivity index (χ0v) is 13.1. The molecule has 2 N–H and O–H groups in total. The highest BCUT2D eigenvalue weighted by atomic mass is 19.4. The minimum Gasteiger partial charge on any atom is -0.481 e. The van der Waals surface area contributed by atoms with Crippen molar-refractivity contribution in [3.63, 3.8) is 0 Å². The second-order valence-electron chi connectivity index (χ2n) is 6.05. The van der Waals surface area contributed by atoms with E-state index >= 15 is 0 Å². The van der Waals surface area contributed by atoms with E-state index in [0.717, 1.165) is 18.3 Å². The van der Waals surface area contributed by atoms with Gasteiger partial charge in [0.05, 0.1) is 11.0 Å². The van der Waals surface area contributed by atoms with E-state index in [2.05, 4.69) is 10.3 Å². The van der Waals surface area contributed by atoms with Crippen LogP contribution in [0, 0.1) is 5.41 Å². The largest absolute Gasteiger partial charge is 0.481 e. The van der Waals surface area contributed by atoms with Crippen molar-refractivity contribution in [2.24, 2.45) is 5.41 Å². The second-order valence-corrected chi connectivity index (χ2v) is 6.05. The number of pyridine rings is 1. The van der Waals surface area contributed by atoms with Crippen molar-refractivity contribution < 1.29 is 27.9 Å². The van der Waals surface area contributed by atoms with Crippen LogP contribution in [0.1, 0.15) is 24.6 Å². The van der Waals surface area contributed by atoms with E-state index in [1.807, 2.05) is 0 Å². The Bertz CT molecular complexity index is 636. The number of hydrogen-bond donors (Lipinski definition) is 2. The quantitative estimate of drug-likeness (QED) is 0.876. The number of alkyl halides is 3. The maximum Gasteiger partial charge on any atom is 0.416 e. The van der Waals surface area contributed by atoms with Gasteiger partial charge in [-0.15, -0.1) is 0 Å². The van der Waals surface area contributed by atoms with Crippen LogP contribution in [0.5, 0.6) is 0 Å². The number of hydrogen-bond acceptors (Lipinski definition) is 3. The number of halogens is 3. The first kappa shape index (κ1) is 18.0. The number of aromatic nitrogens is 1. The second kappa shape index (κ2) is 6.66. The fourth-order valence-electron chi connectivity index (χ4n) is 2.51. The molecular formula is C15H18F3N3O3. The number of carboxylic acids is 1. The molecule has 2 rings (SSSR count). The normalized spacial score (nSPS) is 20.9. The van der Waals surface area contributed by atoms with Gasteiger partial charge in [-0.25, -0.2) is 4.79 Å². The number of nitrogens with zero attached hydrogens (tertiary/aromatic N) is 2. The molecule has 1 atom stereocenters. The minimum absolute atomic E-state index is 0.107. The van der Waals surface area contributed by atoms with Crippen molar-refractivity contribution in [3.8, 4) is 0 Å². The number of aliphatic carboxylic acids is 1. The van der Waals surface area contributed by atoms with Crippen molar-refractivity contribution in [1.82, 2.24) is 15.2 Å². The number of urea groups is 1. The lowest BCUT2D eigenvalue weighted by atomic mass is 9.90. The molecule has 1 aromatic heterocycles. The lowest BCUT2D eigenvalue weighted by molar-refractivity contribution is -0.147. The van der Waals surface area contributed by atoms with Crippen LogP contribution < -0.4 is 5.32 Å². The summed E-state index contributed by atoms with van der Waals surface area (Å²) < 4.78 is 37.8. The summed E-state index contributed by atoms with van der Waals surface area (Å²) >= 11 is 0. The van der Waals surface area contributed by atoms with Gasteiger partial charge in [0, 0.05) is 37.9 Å². The molecule has 1 aliphatic rings.